The number of thiazole rings is 1. The van der Waals surface area contributed by atoms with Gasteiger partial charge in [0, 0.05) is 10.9 Å². The molecule has 5 N–H and O–H groups in total. The topological polar surface area (TPSA) is 158 Å². The van der Waals surface area contributed by atoms with Gasteiger partial charge >= 0.3 is 0 Å². The molecule has 0 radical (unpaired) electrons. The summed E-state index contributed by atoms with van der Waals surface area (Å²) in [5.74, 6) is 0.726. The molecule has 0 aliphatic carbocycles. The van der Waals surface area contributed by atoms with Crippen LogP contribution < -0.4 is 31.0 Å². The summed E-state index contributed by atoms with van der Waals surface area (Å²) in [4.78, 5) is 22.7. The molecule has 1 amide bonds. The van der Waals surface area contributed by atoms with Crippen molar-refractivity contribution in [3.05, 3.63) is 46.8 Å². The number of anilines is 3. The standard InChI is InChI=1S/C25H20N6O4S2/c1-33-14-8-11(9-15(34-2)20(14)35-3)17-12(10-26)22(28)30-24-18(17)19(27)21(37-24)23(32)31-25-29-13-6-4-5-7-16(13)36-25/h4-9H,27H2,1-3H3,(H2,28,30)(H,29,31,32). The van der Waals surface area contributed by atoms with Gasteiger partial charge in [-0.1, -0.05) is 23.5 Å². The second kappa shape index (κ2) is 9.45. The summed E-state index contributed by atoms with van der Waals surface area (Å²) in [5, 5.41) is 13.7. The third-order valence-corrected chi connectivity index (χ3v) is 7.74. The number of hydrogen-bond acceptors (Lipinski definition) is 11. The van der Waals surface area contributed by atoms with Crippen LogP contribution in [0, 0.1) is 11.3 Å². The van der Waals surface area contributed by atoms with Gasteiger partial charge in [0.25, 0.3) is 5.91 Å². The van der Waals surface area contributed by atoms with Crippen LogP contribution in [-0.4, -0.2) is 37.2 Å². The Bertz CT molecular complexity index is 1680. The highest BCUT2D eigenvalue weighted by Gasteiger charge is 2.26. The highest BCUT2D eigenvalue weighted by molar-refractivity contribution is 7.23. The Hall–Kier alpha value is -4.60. The van der Waals surface area contributed by atoms with Crippen molar-refractivity contribution in [1.29, 1.82) is 5.26 Å². The van der Waals surface area contributed by atoms with Crippen molar-refractivity contribution in [2.75, 3.05) is 38.1 Å². The Kier molecular flexibility index (Phi) is 6.16. The van der Waals surface area contributed by atoms with E-state index in [1.807, 2.05) is 24.3 Å². The molecule has 0 aliphatic heterocycles. The molecule has 0 saturated heterocycles. The van der Waals surface area contributed by atoms with Crippen molar-refractivity contribution >= 4 is 65.7 Å². The molecule has 0 saturated carbocycles. The molecule has 2 aromatic carbocycles. The summed E-state index contributed by atoms with van der Waals surface area (Å²) in [6.07, 6.45) is 0. The first-order valence-corrected chi connectivity index (χ1v) is 12.4. The normalized spacial score (nSPS) is 10.9. The lowest BCUT2D eigenvalue weighted by molar-refractivity contribution is 0.103. The number of carbonyl (C=O) groups excluding carboxylic acids is 1. The Morgan fingerprint density at radius 3 is 2.35 bits per heavy atom. The lowest BCUT2D eigenvalue weighted by Gasteiger charge is -2.16. The Labute approximate surface area is 219 Å². The molecular weight excluding hydrogens is 512 g/mol. The second-order valence-corrected chi connectivity index (χ2v) is 9.77. The Morgan fingerprint density at radius 2 is 1.73 bits per heavy atom. The average Bonchev–Trinajstić information content (AvgIpc) is 3.46. The van der Waals surface area contributed by atoms with E-state index in [1.165, 1.54) is 32.7 Å². The third kappa shape index (κ3) is 4.00. The van der Waals surface area contributed by atoms with Crippen LogP contribution in [0.2, 0.25) is 0 Å². The molecule has 0 unspecified atom stereocenters. The van der Waals surface area contributed by atoms with Gasteiger partial charge < -0.3 is 25.7 Å². The smallest absolute Gasteiger partial charge is 0.269 e. The summed E-state index contributed by atoms with van der Waals surface area (Å²) >= 11 is 2.44. The number of rotatable bonds is 6. The molecule has 10 nitrogen and oxygen atoms in total. The van der Waals surface area contributed by atoms with E-state index in [4.69, 9.17) is 25.7 Å². The van der Waals surface area contributed by atoms with Crippen molar-refractivity contribution < 1.29 is 19.0 Å². The van der Waals surface area contributed by atoms with Crippen molar-refractivity contribution in [3.63, 3.8) is 0 Å². The van der Waals surface area contributed by atoms with Crippen LogP contribution in [0.4, 0.5) is 16.6 Å². The number of nitrogens with one attached hydrogen (secondary N) is 1. The van der Waals surface area contributed by atoms with E-state index in [9.17, 15) is 10.1 Å². The van der Waals surface area contributed by atoms with E-state index in [0.29, 0.717) is 43.7 Å². The summed E-state index contributed by atoms with van der Waals surface area (Å²) < 4.78 is 17.3. The van der Waals surface area contributed by atoms with E-state index < -0.39 is 5.91 Å². The fourth-order valence-corrected chi connectivity index (χ4v) is 5.91. The number of thiophene rings is 1. The predicted molar refractivity (Wildman–Crippen MR) is 146 cm³/mol. The fourth-order valence-electron chi connectivity index (χ4n) is 4.05. The second-order valence-electron chi connectivity index (χ2n) is 7.74. The van der Waals surface area contributed by atoms with Crippen molar-refractivity contribution in [3.8, 4) is 34.4 Å². The van der Waals surface area contributed by atoms with Crippen LogP contribution in [0.15, 0.2) is 36.4 Å². The molecule has 37 heavy (non-hydrogen) atoms. The summed E-state index contributed by atoms with van der Waals surface area (Å²) in [6, 6.07) is 13.1. The van der Waals surface area contributed by atoms with Crippen LogP contribution in [0.25, 0.3) is 31.6 Å². The lowest BCUT2D eigenvalue weighted by Crippen LogP contribution is -2.11. The Morgan fingerprint density at radius 1 is 1.03 bits per heavy atom. The minimum atomic E-state index is -0.438. The van der Waals surface area contributed by atoms with Gasteiger partial charge in [0.2, 0.25) is 5.75 Å². The number of nitrogens with zero attached hydrogens (tertiary/aromatic N) is 3. The SMILES string of the molecule is COc1cc(-c2c(C#N)c(N)nc3sc(C(=O)Nc4nc5ccccc5s4)c(N)c23)cc(OC)c1OC. The zero-order valence-electron chi connectivity index (χ0n) is 19.9. The van der Waals surface area contributed by atoms with Crippen molar-refractivity contribution in [2.24, 2.45) is 0 Å². The van der Waals surface area contributed by atoms with Gasteiger partial charge in [0.05, 0.1) is 37.2 Å². The molecule has 0 fully saturated rings. The minimum absolute atomic E-state index is 0.0122. The van der Waals surface area contributed by atoms with E-state index in [0.717, 1.165) is 21.6 Å². The number of nitriles is 1. The third-order valence-electron chi connectivity index (χ3n) is 5.69. The van der Waals surface area contributed by atoms with E-state index in [1.54, 1.807) is 12.1 Å². The number of carbonyl (C=O) groups is 1. The van der Waals surface area contributed by atoms with Gasteiger partial charge in [0.1, 0.15) is 27.2 Å². The van der Waals surface area contributed by atoms with Crippen LogP contribution in [0.1, 0.15) is 15.2 Å². The lowest BCUT2D eigenvalue weighted by atomic mass is 9.96. The van der Waals surface area contributed by atoms with Crippen LogP contribution in [0.3, 0.4) is 0 Å². The first-order valence-electron chi connectivity index (χ1n) is 10.8. The van der Waals surface area contributed by atoms with Gasteiger partial charge in [-0.15, -0.1) is 11.3 Å². The molecule has 5 aromatic rings. The van der Waals surface area contributed by atoms with E-state index >= 15 is 0 Å². The van der Waals surface area contributed by atoms with Gasteiger partial charge in [-0.25, -0.2) is 9.97 Å². The van der Waals surface area contributed by atoms with Gasteiger partial charge in [-0.3, -0.25) is 10.1 Å². The minimum Gasteiger partial charge on any atom is -0.493 e. The van der Waals surface area contributed by atoms with Crippen LogP contribution >= 0.6 is 22.7 Å². The Balaban J connectivity index is 1.68. The zero-order chi connectivity index (χ0) is 26.3. The number of pyridine rings is 1. The number of hydrogen-bond donors (Lipinski definition) is 3. The molecule has 5 rings (SSSR count). The monoisotopic (exact) mass is 532 g/mol. The molecule has 0 spiro atoms. The van der Waals surface area contributed by atoms with Gasteiger partial charge in [-0.05, 0) is 29.8 Å². The first kappa shape index (κ1) is 24.1. The number of ether oxygens (including phenoxy) is 3. The largest absolute Gasteiger partial charge is 0.493 e. The molecule has 0 aliphatic rings. The number of aromatic nitrogens is 2. The molecule has 12 heteroatoms. The first-order chi connectivity index (χ1) is 17.9. The molecule has 3 heterocycles. The predicted octanol–water partition coefficient (Wildman–Crippen LogP) is 4.89. The number of fused-ring (bicyclic) bond motifs is 2. The zero-order valence-corrected chi connectivity index (χ0v) is 21.5. The van der Waals surface area contributed by atoms with Crippen molar-refractivity contribution in [2.45, 2.75) is 0 Å². The highest BCUT2D eigenvalue weighted by Crippen LogP contribution is 2.47. The maximum absolute atomic E-state index is 13.3. The highest BCUT2D eigenvalue weighted by atomic mass is 32.1. The van der Waals surface area contributed by atoms with E-state index in [2.05, 4.69) is 21.4 Å². The number of nitrogens with two attached hydrogens (primary N) is 2. The van der Waals surface area contributed by atoms with Gasteiger partial charge in [0.15, 0.2) is 16.6 Å². The van der Waals surface area contributed by atoms with E-state index in [-0.39, 0.29) is 21.9 Å². The van der Waals surface area contributed by atoms with Crippen LogP contribution in [0.5, 0.6) is 17.2 Å². The fraction of sp³-hybridized carbons (Fsp3) is 0.120. The number of methoxy groups -OCH3 is 3. The van der Waals surface area contributed by atoms with Gasteiger partial charge in [-0.2, -0.15) is 5.26 Å². The summed E-state index contributed by atoms with van der Waals surface area (Å²) in [6.45, 7) is 0. The number of para-hydroxylation sites is 1. The summed E-state index contributed by atoms with van der Waals surface area (Å²) in [5.41, 5.74) is 14.7. The molecule has 0 atom stereocenters. The average molecular weight is 533 g/mol. The van der Waals surface area contributed by atoms with Crippen LogP contribution in [-0.2, 0) is 0 Å². The number of benzene rings is 2. The van der Waals surface area contributed by atoms with Crippen molar-refractivity contribution in [1.82, 2.24) is 9.97 Å². The maximum atomic E-state index is 13.3. The maximum Gasteiger partial charge on any atom is 0.269 e. The summed E-state index contributed by atoms with van der Waals surface area (Å²) in [7, 11) is 4.48. The number of nitrogen functional groups attached to an aromatic ring is 2. The molecule has 3 aromatic heterocycles. The quantitative estimate of drug-likeness (QED) is 0.277. The number of amides is 1. The molecule has 186 valence electrons. The molecular formula is C25H20N6O4S2. The molecule has 0 bridgehead atoms.